The Morgan fingerprint density at radius 1 is 0.931 bits per heavy atom. The largest absolute Gasteiger partial charge is 0.496 e. The Kier molecular flexibility index (Phi) is 7.60. The first-order valence-corrected chi connectivity index (χ1v) is 9.71. The number of hydrogen-bond donors (Lipinski definition) is 1. The monoisotopic (exact) mass is 421 g/mol. The third-order valence-electron chi connectivity index (χ3n) is 3.97. The highest BCUT2D eigenvalue weighted by Gasteiger charge is 2.28. The first-order chi connectivity index (χ1) is 13.9. The Morgan fingerprint density at radius 2 is 1.48 bits per heavy atom. The van der Waals surface area contributed by atoms with E-state index < -0.39 is 17.8 Å². The fourth-order valence-corrected chi connectivity index (χ4v) is 3.77. The van der Waals surface area contributed by atoms with E-state index in [4.69, 9.17) is 18.9 Å². The number of esters is 2. The minimum absolute atomic E-state index is 0.113. The average molecular weight is 421 g/mol. The Bertz CT molecular complexity index is 898. The van der Waals surface area contributed by atoms with Crippen LogP contribution < -0.4 is 14.8 Å². The Hall–Kier alpha value is -3.07. The van der Waals surface area contributed by atoms with Crippen molar-refractivity contribution in [3.8, 4) is 11.5 Å². The van der Waals surface area contributed by atoms with E-state index in [1.807, 2.05) is 0 Å². The van der Waals surface area contributed by atoms with E-state index in [9.17, 15) is 14.4 Å². The van der Waals surface area contributed by atoms with Gasteiger partial charge in [0.15, 0.2) is 0 Å². The molecule has 0 aliphatic heterocycles. The molecule has 0 unspecified atom stereocenters. The standard InChI is InChI=1S/C20H23NO7S/c1-6-27-19(23)14-11(3)16(20(24)28-7-2)29-18(14)21-17(22)15-12(25-4)9-8-10-13(15)26-5/h8-10H,6-7H2,1-5H3,(H,21,22). The number of hydrogen-bond acceptors (Lipinski definition) is 8. The summed E-state index contributed by atoms with van der Waals surface area (Å²) in [4.78, 5) is 37.9. The molecule has 1 N–H and O–H groups in total. The van der Waals surface area contributed by atoms with Crippen LogP contribution in [0.15, 0.2) is 18.2 Å². The van der Waals surface area contributed by atoms with E-state index in [-0.39, 0.29) is 34.2 Å². The van der Waals surface area contributed by atoms with E-state index in [1.54, 1.807) is 39.0 Å². The summed E-state index contributed by atoms with van der Waals surface area (Å²) >= 11 is 0.949. The van der Waals surface area contributed by atoms with E-state index in [1.165, 1.54) is 14.2 Å². The van der Waals surface area contributed by atoms with Crippen LogP contribution in [0.2, 0.25) is 0 Å². The highest BCUT2D eigenvalue weighted by Crippen LogP contribution is 2.36. The maximum absolute atomic E-state index is 13.0. The number of benzene rings is 1. The number of amides is 1. The van der Waals surface area contributed by atoms with Crippen LogP contribution in [-0.4, -0.2) is 45.3 Å². The smallest absolute Gasteiger partial charge is 0.348 e. The van der Waals surface area contributed by atoms with Crippen molar-refractivity contribution in [1.29, 1.82) is 0 Å². The molecular formula is C20H23NO7S. The molecule has 1 amide bonds. The molecule has 0 bridgehead atoms. The first kappa shape index (κ1) is 22.2. The summed E-state index contributed by atoms with van der Waals surface area (Å²) in [6, 6.07) is 4.92. The van der Waals surface area contributed by atoms with Gasteiger partial charge in [0.25, 0.3) is 5.91 Å². The molecule has 0 atom stereocenters. The predicted octanol–water partition coefficient (Wildman–Crippen LogP) is 3.68. The molecule has 0 aliphatic rings. The van der Waals surface area contributed by atoms with Gasteiger partial charge < -0.3 is 24.3 Å². The maximum atomic E-state index is 13.0. The van der Waals surface area contributed by atoms with Crippen LogP contribution in [0.5, 0.6) is 11.5 Å². The number of thiophene rings is 1. The molecular weight excluding hydrogens is 398 g/mol. The highest BCUT2D eigenvalue weighted by atomic mass is 32.1. The Morgan fingerprint density at radius 3 is 2.00 bits per heavy atom. The maximum Gasteiger partial charge on any atom is 0.348 e. The molecule has 0 saturated carbocycles. The third-order valence-corrected chi connectivity index (χ3v) is 5.16. The zero-order valence-corrected chi connectivity index (χ0v) is 17.7. The van der Waals surface area contributed by atoms with Crippen LogP contribution in [0.4, 0.5) is 5.00 Å². The summed E-state index contributed by atoms with van der Waals surface area (Å²) in [7, 11) is 2.87. The van der Waals surface area contributed by atoms with Gasteiger partial charge in [-0.05, 0) is 38.5 Å². The fourth-order valence-electron chi connectivity index (χ4n) is 2.68. The van der Waals surface area contributed by atoms with Crippen molar-refractivity contribution in [2.24, 2.45) is 0 Å². The molecule has 0 fully saturated rings. The minimum atomic E-state index is -0.640. The molecule has 0 aliphatic carbocycles. The second-order valence-electron chi connectivity index (χ2n) is 5.69. The number of rotatable bonds is 8. The van der Waals surface area contributed by atoms with Crippen LogP contribution in [0.25, 0.3) is 0 Å². The molecule has 156 valence electrons. The molecule has 1 heterocycles. The zero-order chi connectivity index (χ0) is 21.6. The van der Waals surface area contributed by atoms with E-state index >= 15 is 0 Å². The number of anilines is 1. The molecule has 0 spiro atoms. The van der Waals surface area contributed by atoms with Crippen molar-refractivity contribution in [2.75, 3.05) is 32.8 Å². The second kappa shape index (κ2) is 9.92. The molecule has 8 nitrogen and oxygen atoms in total. The van der Waals surface area contributed by atoms with Gasteiger partial charge in [0.05, 0.1) is 33.0 Å². The van der Waals surface area contributed by atoms with E-state index in [0.29, 0.717) is 17.1 Å². The highest BCUT2D eigenvalue weighted by molar-refractivity contribution is 7.18. The van der Waals surface area contributed by atoms with Crippen molar-refractivity contribution in [3.63, 3.8) is 0 Å². The van der Waals surface area contributed by atoms with Crippen LogP contribution >= 0.6 is 11.3 Å². The van der Waals surface area contributed by atoms with Crippen molar-refractivity contribution in [3.05, 3.63) is 39.8 Å². The number of carbonyl (C=O) groups excluding carboxylic acids is 3. The quantitative estimate of drug-likeness (QED) is 0.649. The lowest BCUT2D eigenvalue weighted by atomic mass is 10.1. The van der Waals surface area contributed by atoms with Gasteiger partial charge in [0.1, 0.15) is 26.9 Å². The van der Waals surface area contributed by atoms with Crippen LogP contribution in [0, 0.1) is 6.92 Å². The molecule has 9 heteroatoms. The number of methoxy groups -OCH3 is 2. The average Bonchev–Trinajstić information content (AvgIpc) is 3.03. The molecule has 2 aromatic rings. The summed E-state index contributed by atoms with van der Waals surface area (Å²) in [5, 5.41) is 2.87. The van der Waals surface area contributed by atoms with E-state index in [0.717, 1.165) is 11.3 Å². The summed E-state index contributed by atoms with van der Waals surface area (Å²) in [6.45, 7) is 5.30. The molecule has 0 radical (unpaired) electrons. The van der Waals surface area contributed by atoms with Gasteiger partial charge in [0, 0.05) is 0 Å². The normalized spacial score (nSPS) is 10.2. The van der Waals surface area contributed by atoms with Gasteiger partial charge in [-0.2, -0.15) is 0 Å². The first-order valence-electron chi connectivity index (χ1n) is 8.89. The van der Waals surface area contributed by atoms with Gasteiger partial charge in [-0.15, -0.1) is 11.3 Å². The van der Waals surface area contributed by atoms with Crippen molar-refractivity contribution >= 4 is 34.2 Å². The topological polar surface area (TPSA) is 100 Å². The second-order valence-corrected chi connectivity index (χ2v) is 6.71. The number of nitrogens with one attached hydrogen (secondary N) is 1. The van der Waals surface area contributed by atoms with Crippen LogP contribution in [0.1, 0.15) is 49.8 Å². The van der Waals surface area contributed by atoms with Crippen LogP contribution in [-0.2, 0) is 9.47 Å². The molecule has 2 rings (SSSR count). The lowest BCUT2D eigenvalue weighted by Crippen LogP contribution is -2.16. The lowest BCUT2D eigenvalue weighted by molar-refractivity contribution is 0.0527. The van der Waals surface area contributed by atoms with Crippen molar-refractivity contribution in [1.82, 2.24) is 0 Å². The van der Waals surface area contributed by atoms with Gasteiger partial charge in [-0.3, -0.25) is 4.79 Å². The van der Waals surface area contributed by atoms with Gasteiger partial charge in [-0.25, -0.2) is 9.59 Å². The Balaban J connectivity index is 2.52. The van der Waals surface area contributed by atoms with Gasteiger partial charge in [0.2, 0.25) is 0 Å². The third kappa shape index (κ3) is 4.68. The predicted molar refractivity (Wildman–Crippen MR) is 108 cm³/mol. The summed E-state index contributed by atoms with van der Waals surface area (Å²) in [6.07, 6.45) is 0. The van der Waals surface area contributed by atoms with Gasteiger partial charge >= 0.3 is 11.9 Å². The van der Waals surface area contributed by atoms with Crippen molar-refractivity contribution in [2.45, 2.75) is 20.8 Å². The lowest BCUT2D eigenvalue weighted by Gasteiger charge is -2.13. The van der Waals surface area contributed by atoms with E-state index in [2.05, 4.69) is 5.32 Å². The van der Waals surface area contributed by atoms with Crippen LogP contribution in [0.3, 0.4) is 0 Å². The number of carbonyl (C=O) groups is 3. The summed E-state index contributed by atoms with van der Waals surface area (Å²) in [5.41, 5.74) is 0.660. The molecule has 29 heavy (non-hydrogen) atoms. The van der Waals surface area contributed by atoms with Crippen molar-refractivity contribution < 1.29 is 33.3 Å². The zero-order valence-electron chi connectivity index (χ0n) is 16.9. The molecule has 0 saturated heterocycles. The minimum Gasteiger partial charge on any atom is -0.496 e. The molecule has 1 aromatic carbocycles. The molecule has 1 aromatic heterocycles. The number of ether oxygens (including phenoxy) is 4. The summed E-state index contributed by atoms with van der Waals surface area (Å²) < 4.78 is 20.7. The van der Waals surface area contributed by atoms with Gasteiger partial charge in [-0.1, -0.05) is 6.07 Å². The SMILES string of the molecule is CCOC(=O)c1sc(NC(=O)c2c(OC)cccc2OC)c(C(=O)OCC)c1C. The summed E-state index contributed by atoms with van der Waals surface area (Å²) in [5.74, 6) is -1.16. The Labute approximate surface area is 172 Å². The fraction of sp³-hybridized carbons (Fsp3) is 0.350.